The van der Waals surface area contributed by atoms with E-state index in [-0.39, 0.29) is 5.91 Å². The first kappa shape index (κ1) is 17.3. The standard InChI is InChI=1S/C22H22N2O3/c1-23-18-10-6-5-7-16(18)15-19(23)20(25)24-13-11-22(12-14-24,21(26)27)17-8-3-2-4-9-17/h2-10,15H,11-14H2,1H3,(H,26,27). The molecule has 2 heterocycles. The number of carboxylic acid groups (broad SMARTS) is 1. The Balaban J connectivity index is 1.58. The highest BCUT2D eigenvalue weighted by Crippen LogP contribution is 2.36. The molecule has 0 spiro atoms. The summed E-state index contributed by atoms with van der Waals surface area (Å²) in [5.41, 5.74) is 1.55. The second-order valence-electron chi connectivity index (χ2n) is 7.19. The number of fused-ring (bicyclic) bond motifs is 1. The zero-order chi connectivity index (χ0) is 19.0. The molecule has 0 bridgehead atoms. The van der Waals surface area contributed by atoms with Gasteiger partial charge in [-0.05, 0) is 30.5 Å². The molecule has 0 unspecified atom stereocenters. The average Bonchev–Trinajstić information content (AvgIpc) is 3.05. The van der Waals surface area contributed by atoms with Gasteiger partial charge in [0.25, 0.3) is 5.91 Å². The van der Waals surface area contributed by atoms with E-state index in [1.807, 2.05) is 72.3 Å². The van der Waals surface area contributed by atoms with Gasteiger partial charge in [0.2, 0.25) is 0 Å². The largest absolute Gasteiger partial charge is 0.481 e. The zero-order valence-corrected chi connectivity index (χ0v) is 15.3. The molecule has 2 aromatic carbocycles. The van der Waals surface area contributed by atoms with E-state index < -0.39 is 11.4 Å². The maximum Gasteiger partial charge on any atom is 0.314 e. The Kier molecular flexibility index (Phi) is 4.22. The van der Waals surface area contributed by atoms with E-state index in [9.17, 15) is 14.7 Å². The first-order valence-electron chi connectivity index (χ1n) is 9.15. The Morgan fingerprint density at radius 2 is 1.59 bits per heavy atom. The van der Waals surface area contributed by atoms with E-state index in [4.69, 9.17) is 0 Å². The van der Waals surface area contributed by atoms with Crippen LogP contribution in [-0.2, 0) is 17.3 Å². The molecule has 3 aromatic rings. The van der Waals surface area contributed by atoms with Gasteiger partial charge in [-0.15, -0.1) is 0 Å². The summed E-state index contributed by atoms with van der Waals surface area (Å²) in [7, 11) is 1.89. The lowest BCUT2D eigenvalue weighted by atomic mass is 9.73. The molecule has 5 heteroatoms. The van der Waals surface area contributed by atoms with Crippen molar-refractivity contribution in [3.05, 3.63) is 71.9 Å². The summed E-state index contributed by atoms with van der Waals surface area (Å²) in [4.78, 5) is 26.9. The molecular weight excluding hydrogens is 340 g/mol. The maximum absolute atomic E-state index is 13.1. The minimum Gasteiger partial charge on any atom is -0.481 e. The zero-order valence-electron chi connectivity index (χ0n) is 15.3. The third-order valence-electron chi connectivity index (χ3n) is 5.81. The van der Waals surface area contributed by atoms with Crippen LogP contribution in [0, 0.1) is 0 Å². The molecule has 1 amide bonds. The summed E-state index contributed by atoms with van der Waals surface area (Å²) in [6, 6.07) is 19.2. The van der Waals surface area contributed by atoms with Gasteiger partial charge < -0.3 is 14.6 Å². The number of aliphatic carboxylic acids is 1. The maximum atomic E-state index is 13.1. The van der Waals surface area contributed by atoms with E-state index in [1.54, 1.807) is 4.90 Å². The molecule has 0 aliphatic carbocycles. The third kappa shape index (κ3) is 2.79. The number of piperidine rings is 1. The first-order chi connectivity index (χ1) is 13.0. The molecule has 1 aliphatic heterocycles. The van der Waals surface area contributed by atoms with Gasteiger partial charge in [-0.3, -0.25) is 9.59 Å². The number of likely N-dealkylation sites (tertiary alicyclic amines) is 1. The van der Waals surface area contributed by atoms with Crippen LogP contribution in [0.15, 0.2) is 60.7 Å². The molecule has 0 saturated carbocycles. The van der Waals surface area contributed by atoms with Crippen molar-refractivity contribution in [2.75, 3.05) is 13.1 Å². The van der Waals surface area contributed by atoms with E-state index in [1.165, 1.54) is 0 Å². The molecule has 138 valence electrons. The number of rotatable bonds is 3. The number of benzene rings is 2. The first-order valence-corrected chi connectivity index (χ1v) is 9.15. The highest BCUT2D eigenvalue weighted by molar-refractivity contribution is 5.99. The Labute approximate surface area is 157 Å². The van der Waals surface area contributed by atoms with Crippen molar-refractivity contribution < 1.29 is 14.7 Å². The van der Waals surface area contributed by atoms with Crippen LogP contribution in [0.2, 0.25) is 0 Å². The van der Waals surface area contributed by atoms with Crippen LogP contribution in [0.4, 0.5) is 0 Å². The Hall–Kier alpha value is -3.08. The Morgan fingerprint density at radius 3 is 2.22 bits per heavy atom. The lowest BCUT2D eigenvalue weighted by Crippen LogP contribution is -2.49. The Morgan fingerprint density at radius 1 is 0.963 bits per heavy atom. The number of amides is 1. The van der Waals surface area contributed by atoms with Gasteiger partial charge in [0.1, 0.15) is 5.69 Å². The van der Waals surface area contributed by atoms with Gasteiger partial charge >= 0.3 is 5.97 Å². The number of carbonyl (C=O) groups is 2. The molecule has 0 radical (unpaired) electrons. The predicted octanol–water partition coefficient (Wildman–Crippen LogP) is 3.44. The lowest BCUT2D eigenvalue weighted by molar-refractivity contribution is -0.145. The van der Waals surface area contributed by atoms with Crippen LogP contribution < -0.4 is 0 Å². The van der Waals surface area contributed by atoms with Gasteiger partial charge in [0, 0.05) is 31.0 Å². The number of hydrogen-bond donors (Lipinski definition) is 1. The van der Waals surface area contributed by atoms with Crippen LogP contribution >= 0.6 is 0 Å². The second-order valence-corrected chi connectivity index (χ2v) is 7.19. The predicted molar refractivity (Wildman–Crippen MR) is 104 cm³/mol. The molecule has 5 nitrogen and oxygen atoms in total. The van der Waals surface area contributed by atoms with E-state index in [0.717, 1.165) is 16.5 Å². The fourth-order valence-electron chi connectivity index (χ4n) is 4.13. The van der Waals surface area contributed by atoms with Gasteiger partial charge in [-0.25, -0.2) is 0 Å². The van der Waals surface area contributed by atoms with E-state index >= 15 is 0 Å². The number of hydrogen-bond acceptors (Lipinski definition) is 2. The van der Waals surface area contributed by atoms with Gasteiger partial charge in [0.05, 0.1) is 5.41 Å². The smallest absolute Gasteiger partial charge is 0.314 e. The molecule has 1 N–H and O–H groups in total. The van der Waals surface area contributed by atoms with Crippen LogP contribution in [0.1, 0.15) is 28.9 Å². The topological polar surface area (TPSA) is 62.5 Å². The van der Waals surface area contributed by atoms with Crippen molar-refractivity contribution in [1.82, 2.24) is 9.47 Å². The molecule has 1 aromatic heterocycles. The number of para-hydroxylation sites is 1. The van der Waals surface area contributed by atoms with Crippen molar-refractivity contribution in [1.29, 1.82) is 0 Å². The fourth-order valence-corrected chi connectivity index (χ4v) is 4.13. The second kappa shape index (κ2) is 6.58. The van der Waals surface area contributed by atoms with Crippen LogP contribution in [0.5, 0.6) is 0 Å². The number of aryl methyl sites for hydroxylation is 1. The fraction of sp³-hybridized carbons (Fsp3) is 0.273. The monoisotopic (exact) mass is 362 g/mol. The van der Waals surface area contributed by atoms with Crippen molar-refractivity contribution in [2.45, 2.75) is 18.3 Å². The molecule has 0 atom stereocenters. The van der Waals surface area contributed by atoms with E-state index in [0.29, 0.717) is 31.6 Å². The van der Waals surface area contributed by atoms with Crippen LogP contribution in [0.3, 0.4) is 0 Å². The molecular formula is C22H22N2O3. The van der Waals surface area contributed by atoms with Crippen molar-refractivity contribution >= 4 is 22.8 Å². The van der Waals surface area contributed by atoms with Crippen molar-refractivity contribution in [3.63, 3.8) is 0 Å². The van der Waals surface area contributed by atoms with Gasteiger partial charge in [0.15, 0.2) is 0 Å². The summed E-state index contributed by atoms with van der Waals surface area (Å²) in [6.45, 7) is 0.864. The molecule has 1 fully saturated rings. The minimum atomic E-state index is -0.920. The minimum absolute atomic E-state index is 0.0410. The van der Waals surface area contributed by atoms with Gasteiger partial charge in [-0.1, -0.05) is 48.5 Å². The van der Waals surface area contributed by atoms with Crippen molar-refractivity contribution in [3.8, 4) is 0 Å². The highest BCUT2D eigenvalue weighted by Gasteiger charge is 2.44. The number of nitrogens with zero attached hydrogens (tertiary/aromatic N) is 2. The number of carboxylic acids is 1. The summed E-state index contributed by atoms with van der Waals surface area (Å²) in [5.74, 6) is -0.855. The Bertz CT molecular complexity index is 999. The molecule has 27 heavy (non-hydrogen) atoms. The normalized spacial score (nSPS) is 16.4. The van der Waals surface area contributed by atoms with Gasteiger partial charge in [-0.2, -0.15) is 0 Å². The highest BCUT2D eigenvalue weighted by atomic mass is 16.4. The van der Waals surface area contributed by atoms with Crippen LogP contribution in [0.25, 0.3) is 10.9 Å². The lowest BCUT2D eigenvalue weighted by Gasteiger charge is -2.39. The van der Waals surface area contributed by atoms with Crippen LogP contribution in [-0.4, -0.2) is 39.5 Å². The number of aromatic nitrogens is 1. The summed E-state index contributed by atoms with van der Waals surface area (Å²) in [6.07, 6.45) is 0.837. The molecule has 1 aliphatic rings. The summed E-state index contributed by atoms with van der Waals surface area (Å²) < 4.78 is 1.91. The molecule has 4 rings (SSSR count). The van der Waals surface area contributed by atoms with Crippen molar-refractivity contribution in [2.24, 2.45) is 7.05 Å². The summed E-state index contributed by atoms with van der Waals surface area (Å²) >= 11 is 0. The van der Waals surface area contributed by atoms with E-state index in [2.05, 4.69) is 0 Å². The number of carbonyl (C=O) groups excluding carboxylic acids is 1. The third-order valence-corrected chi connectivity index (χ3v) is 5.81. The SMILES string of the molecule is Cn1c(C(=O)N2CCC(C(=O)O)(c3ccccc3)CC2)cc2ccccc21. The molecule has 1 saturated heterocycles. The quantitative estimate of drug-likeness (QED) is 0.776. The average molecular weight is 362 g/mol. The summed E-state index contributed by atoms with van der Waals surface area (Å²) in [5, 5.41) is 10.9.